The lowest BCUT2D eigenvalue weighted by molar-refractivity contribution is -0.111. The summed E-state index contributed by atoms with van der Waals surface area (Å²) in [5, 5.41) is 6.66. The number of fused-ring (bicyclic) bond motifs is 1. The van der Waals surface area contributed by atoms with Gasteiger partial charge in [0, 0.05) is 50.9 Å². The van der Waals surface area contributed by atoms with E-state index in [4.69, 9.17) is 0 Å². The van der Waals surface area contributed by atoms with E-state index in [0.29, 0.717) is 18.9 Å². The quantitative estimate of drug-likeness (QED) is 0.430. The Kier molecular flexibility index (Phi) is 5.14. The van der Waals surface area contributed by atoms with Crippen LogP contribution < -0.4 is 10.3 Å². The van der Waals surface area contributed by atoms with Crippen LogP contribution in [-0.4, -0.2) is 52.7 Å². The minimum Gasteiger partial charge on any atom is -0.349 e. The van der Waals surface area contributed by atoms with Crippen molar-refractivity contribution >= 4 is 34.0 Å². The number of carbonyl (C=O) groups is 1. The van der Waals surface area contributed by atoms with Crippen LogP contribution >= 0.6 is 0 Å². The van der Waals surface area contributed by atoms with Crippen LogP contribution in [-0.2, 0) is 4.79 Å². The van der Waals surface area contributed by atoms with Crippen LogP contribution in [0.2, 0.25) is 0 Å². The third-order valence-electron chi connectivity index (χ3n) is 4.80. The summed E-state index contributed by atoms with van der Waals surface area (Å²) in [7, 11) is 0. The van der Waals surface area contributed by atoms with Gasteiger partial charge in [-0.1, -0.05) is 36.4 Å². The Labute approximate surface area is 163 Å². The molecule has 142 valence electrons. The molecule has 2 aromatic carbocycles. The molecule has 0 spiro atoms. The van der Waals surface area contributed by atoms with E-state index in [9.17, 15) is 4.79 Å². The molecule has 2 heterocycles. The number of hydrogen-bond donors (Lipinski definition) is 1. The summed E-state index contributed by atoms with van der Waals surface area (Å²) in [6.45, 7) is 4.41. The van der Waals surface area contributed by atoms with E-state index in [0.717, 1.165) is 35.5 Å². The maximum absolute atomic E-state index is 12.2. The lowest BCUT2D eigenvalue weighted by Gasteiger charge is -2.35. The summed E-state index contributed by atoms with van der Waals surface area (Å²) in [5.41, 5.74) is 3.98. The summed E-state index contributed by atoms with van der Waals surface area (Å²) in [5.74, 6) is 1.11. The lowest BCUT2D eigenvalue weighted by Crippen LogP contribution is -2.51. The van der Waals surface area contributed by atoms with Crippen LogP contribution in [0.4, 0.5) is 11.6 Å². The van der Waals surface area contributed by atoms with Crippen molar-refractivity contribution in [3.05, 3.63) is 60.9 Å². The molecule has 0 atom stereocenters. The molecule has 1 aliphatic rings. The summed E-state index contributed by atoms with van der Waals surface area (Å²) in [6.07, 6.45) is 3.48. The summed E-state index contributed by atoms with van der Waals surface area (Å²) >= 11 is 0. The number of anilines is 2. The van der Waals surface area contributed by atoms with Gasteiger partial charge in [-0.2, -0.15) is 5.10 Å². The maximum Gasteiger partial charge on any atom is 0.225 e. The van der Waals surface area contributed by atoms with E-state index in [1.54, 1.807) is 25.4 Å². The zero-order valence-corrected chi connectivity index (χ0v) is 15.7. The first-order valence-electron chi connectivity index (χ1n) is 9.32. The molecule has 4 rings (SSSR count). The topological polar surface area (TPSA) is 73.7 Å². The monoisotopic (exact) mass is 374 g/mol. The number of piperazine rings is 1. The number of Topliss-reactive ketones (excluding diaryl/α,β-unsaturated/α-hetero) is 1. The van der Waals surface area contributed by atoms with Crippen LogP contribution in [0.15, 0.2) is 66.0 Å². The highest BCUT2D eigenvalue weighted by Gasteiger charge is 2.23. The predicted octanol–water partition coefficient (Wildman–Crippen LogP) is 2.77. The molecule has 7 nitrogen and oxygen atoms in total. The minimum absolute atomic E-state index is 0.0582. The zero-order valence-electron chi connectivity index (χ0n) is 15.7. The van der Waals surface area contributed by atoms with Crippen molar-refractivity contribution in [1.82, 2.24) is 14.9 Å². The molecular weight excluding hydrogens is 352 g/mol. The van der Waals surface area contributed by atoms with Gasteiger partial charge in [0.2, 0.25) is 5.95 Å². The van der Waals surface area contributed by atoms with Gasteiger partial charge in [-0.3, -0.25) is 10.2 Å². The number of ketones is 1. The SMILES string of the molecule is CC(=O)/C(=N\Nc1cccc2ccccc12)N1CCN(c2ncccn2)CC1. The van der Waals surface area contributed by atoms with Gasteiger partial charge in [0.05, 0.1) is 5.69 Å². The molecule has 1 N–H and O–H groups in total. The van der Waals surface area contributed by atoms with Crippen LogP contribution in [0.25, 0.3) is 10.8 Å². The maximum atomic E-state index is 12.2. The number of nitrogens with zero attached hydrogens (tertiary/aromatic N) is 5. The van der Waals surface area contributed by atoms with Gasteiger partial charge in [0.25, 0.3) is 0 Å². The predicted molar refractivity (Wildman–Crippen MR) is 112 cm³/mol. The first kappa shape index (κ1) is 17.9. The largest absolute Gasteiger partial charge is 0.349 e. The Bertz CT molecular complexity index is 991. The van der Waals surface area contributed by atoms with Crippen molar-refractivity contribution in [2.75, 3.05) is 36.5 Å². The second-order valence-corrected chi connectivity index (χ2v) is 6.65. The van der Waals surface area contributed by atoms with E-state index in [1.807, 2.05) is 35.2 Å². The number of hydrazone groups is 1. The molecule has 0 amide bonds. The van der Waals surface area contributed by atoms with Gasteiger partial charge in [-0.05, 0) is 17.5 Å². The first-order valence-corrected chi connectivity index (χ1v) is 9.32. The normalized spacial score (nSPS) is 15.0. The van der Waals surface area contributed by atoms with Crippen molar-refractivity contribution in [3.63, 3.8) is 0 Å². The van der Waals surface area contributed by atoms with Crippen molar-refractivity contribution in [2.24, 2.45) is 5.10 Å². The molecule has 0 aliphatic carbocycles. The third-order valence-corrected chi connectivity index (χ3v) is 4.80. The van der Waals surface area contributed by atoms with Crippen molar-refractivity contribution < 1.29 is 4.79 Å². The van der Waals surface area contributed by atoms with Gasteiger partial charge in [0.15, 0.2) is 11.6 Å². The second-order valence-electron chi connectivity index (χ2n) is 6.65. The third kappa shape index (κ3) is 3.78. The van der Waals surface area contributed by atoms with Crippen LogP contribution in [0, 0.1) is 0 Å². The molecule has 1 fully saturated rings. The van der Waals surface area contributed by atoms with Crippen LogP contribution in [0.3, 0.4) is 0 Å². The fraction of sp³-hybridized carbons (Fsp3) is 0.238. The molecule has 0 saturated carbocycles. The number of nitrogens with one attached hydrogen (secondary N) is 1. The van der Waals surface area contributed by atoms with Crippen molar-refractivity contribution in [2.45, 2.75) is 6.92 Å². The Morgan fingerprint density at radius 2 is 1.68 bits per heavy atom. The number of amidine groups is 1. The van der Waals surface area contributed by atoms with E-state index in [2.05, 4.69) is 37.5 Å². The summed E-state index contributed by atoms with van der Waals surface area (Å²) < 4.78 is 0. The summed E-state index contributed by atoms with van der Waals surface area (Å²) in [4.78, 5) is 25.0. The molecule has 1 aromatic heterocycles. The zero-order chi connectivity index (χ0) is 19.3. The molecule has 3 aromatic rings. The Balaban J connectivity index is 1.49. The van der Waals surface area contributed by atoms with Crippen LogP contribution in [0.1, 0.15) is 6.92 Å². The second kappa shape index (κ2) is 8.04. The van der Waals surface area contributed by atoms with E-state index >= 15 is 0 Å². The fourth-order valence-electron chi connectivity index (χ4n) is 3.38. The Morgan fingerprint density at radius 3 is 2.43 bits per heavy atom. The van der Waals surface area contributed by atoms with E-state index < -0.39 is 0 Å². The van der Waals surface area contributed by atoms with Gasteiger partial charge in [-0.15, -0.1) is 0 Å². The standard InChI is InChI=1S/C21H22N6O/c1-16(28)20(25-24-19-9-4-7-17-6-2-3-8-18(17)19)26-12-14-27(15-13-26)21-22-10-5-11-23-21/h2-11,24H,12-15H2,1H3/b25-20+. The van der Waals surface area contributed by atoms with Crippen LogP contribution in [0.5, 0.6) is 0 Å². The van der Waals surface area contributed by atoms with Gasteiger partial charge >= 0.3 is 0 Å². The molecule has 0 bridgehead atoms. The number of carbonyl (C=O) groups excluding carboxylic acids is 1. The molecule has 1 saturated heterocycles. The van der Waals surface area contributed by atoms with Gasteiger partial charge in [-0.25, -0.2) is 9.97 Å². The highest BCUT2D eigenvalue weighted by Crippen LogP contribution is 2.23. The van der Waals surface area contributed by atoms with E-state index in [1.165, 1.54) is 0 Å². The average molecular weight is 374 g/mol. The minimum atomic E-state index is -0.0582. The van der Waals surface area contributed by atoms with Gasteiger partial charge in [0.1, 0.15) is 0 Å². The summed E-state index contributed by atoms with van der Waals surface area (Å²) in [6, 6.07) is 15.9. The smallest absolute Gasteiger partial charge is 0.225 e. The van der Waals surface area contributed by atoms with Crippen molar-refractivity contribution in [1.29, 1.82) is 0 Å². The number of hydrogen-bond acceptors (Lipinski definition) is 6. The number of rotatable bonds is 4. The van der Waals surface area contributed by atoms with E-state index in [-0.39, 0.29) is 5.78 Å². The fourth-order valence-corrected chi connectivity index (χ4v) is 3.38. The molecule has 1 aliphatic heterocycles. The number of aromatic nitrogens is 2. The molecular formula is C21H22N6O. The van der Waals surface area contributed by atoms with Crippen molar-refractivity contribution in [3.8, 4) is 0 Å². The van der Waals surface area contributed by atoms with Gasteiger partial charge < -0.3 is 9.80 Å². The molecule has 0 radical (unpaired) electrons. The first-order chi connectivity index (χ1) is 13.7. The molecule has 28 heavy (non-hydrogen) atoms. The Hall–Kier alpha value is -3.48. The number of benzene rings is 2. The Morgan fingerprint density at radius 1 is 0.964 bits per heavy atom. The lowest BCUT2D eigenvalue weighted by atomic mass is 10.1. The average Bonchev–Trinajstić information content (AvgIpc) is 2.75. The highest BCUT2D eigenvalue weighted by molar-refractivity contribution is 6.38. The molecule has 0 unspecified atom stereocenters. The highest BCUT2D eigenvalue weighted by atomic mass is 16.1. The molecule has 7 heteroatoms.